The maximum absolute atomic E-state index is 12.5. The van der Waals surface area contributed by atoms with Crippen LogP contribution in [0.15, 0.2) is 23.4 Å². The molecule has 7 nitrogen and oxygen atoms in total. The van der Waals surface area contributed by atoms with Crippen molar-refractivity contribution in [3.8, 4) is 11.5 Å². The molecule has 1 heterocycles. The number of ether oxygens (including phenoxy) is 2. The number of anilines is 1. The fourth-order valence-electron chi connectivity index (χ4n) is 4.65. The molecule has 0 unspecified atom stereocenters. The number of aromatic nitrogens is 3. The summed E-state index contributed by atoms with van der Waals surface area (Å²) in [6.45, 7) is 6.88. The number of rotatable bonds is 6. The van der Waals surface area contributed by atoms with Crippen molar-refractivity contribution in [2.75, 3.05) is 25.3 Å². The van der Waals surface area contributed by atoms with Gasteiger partial charge in [0.1, 0.15) is 11.5 Å². The predicted molar refractivity (Wildman–Crippen MR) is 112 cm³/mol. The van der Waals surface area contributed by atoms with E-state index >= 15 is 0 Å². The summed E-state index contributed by atoms with van der Waals surface area (Å²) in [5.74, 6) is 1.66. The molecular formula is C21H26N4O3S. The van der Waals surface area contributed by atoms with Crippen LogP contribution in [-0.4, -0.2) is 41.1 Å². The zero-order valence-electron chi connectivity index (χ0n) is 17.4. The Morgan fingerprint density at radius 3 is 2.76 bits per heavy atom. The normalized spacial score (nSPS) is 23.6. The molecule has 0 radical (unpaired) electrons. The Morgan fingerprint density at radius 1 is 1.24 bits per heavy atom. The van der Waals surface area contributed by atoms with E-state index in [2.05, 4.69) is 36.3 Å². The van der Waals surface area contributed by atoms with Crippen LogP contribution in [0.2, 0.25) is 0 Å². The van der Waals surface area contributed by atoms with Gasteiger partial charge in [0.15, 0.2) is 0 Å². The van der Waals surface area contributed by atoms with Crippen molar-refractivity contribution in [3.63, 3.8) is 0 Å². The van der Waals surface area contributed by atoms with E-state index in [4.69, 9.17) is 14.5 Å². The Bertz CT molecular complexity index is 965. The molecule has 0 spiro atoms. The van der Waals surface area contributed by atoms with Crippen molar-refractivity contribution in [3.05, 3.63) is 29.6 Å². The largest absolute Gasteiger partial charge is 0.497 e. The maximum atomic E-state index is 12.5. The summed E-state index contributed by atoms with van der Waals surface area (Å²) in [6, 6.07) is 5.27. The molecule has 8 heteroatoms. The number of hydrogen-bond donors (Lipinski definition) is 1. The molecule has 2 bridgehead atoms. The van der Waals surface area contributed by atoms with E-state index in [-0.39, 0.29) is 22.5 Å². The Hall–Kier alpha value is -2.35. The fourth-order valence-corrected chi connectivity index (χ4v) is 5.24. The first kappa shape index (κ1) is 19.9. The van der Waals surface area contributed by atoms with Crippen molar-refractivity contribution in [1.29, 1.82) is 0 Å². The summed E-state index contributed by atoms with van der Waals surface area (Å²) >= 11 is 1.29. The lowest BCUT2D eigenvalue weighted by atomic mass is 9.70. The average Bonchev–Trinajstić information content (AvgIpc) is 3.04. The standard InChI is InChI=1S/C21H26N4O3S/c1-20(2)13-8-9-21(20,3)18-17(13)24-25-19(23-18)29-11-16(26)22-14-10-12(27-4)6-7-15(14)28-5/h6-7,10,13H,8-9,11H2,1-5H3,(H,22,26)/t13-,21-/m1/s1. The first-order valence-corrected chi connectivity index (χ1v) is 10.7. The van der Waals surface area contributed by atoms with Crippen LogP contribution >= 0.6 is 11.8 Å². The monoisotopic (exact) mass is 414 g/mol. The van der Waals surface area contributed by atoms with Crippen LogP contribution in [0.1, 0.15) is 50.9 Å². The average molecular weight is 415 g/mol. The summed E-state index contributed by atoms with van der Waals surface area (Å²) in [7, 11) is 3.14. The first-order chi connectivity index (χ1) is 13.8. The van der Waals surface area contributed by atoms with Gasteiger partial charge in [0.2, 0.25) is 11.1 Å². The highest BCUT2D eigenvalue weighted by Crippen LogP contribution is 2.66. The fraction of sp³-hybridized carbons (Fsp3) is 0.524. The molecule has 1 N–H and O–H groups in total. The van der Waals surface area contributed by atoms with Gasteiger partial charge in [-0.1, -0.05) is 32.5 Å². The molecule has 1 aromatic heterocycles. The van der Waals surface area contributed by atoms with Crippen molar-refractivity contribution < 1.29 is 14.3 Å². The molecule has 0 aliphatic heterocycles. The van der Waals surface area contributed by atoms with Gasteiger partial charge in [-0.15, -0.1) is 5.10 Å². The summed E-state index contributed by atoms with van der Waals surface area (Å²) in [5.41, 5.74) is 2.83. The maximum Gasteiger partial charge on any atom is 0.234 e. The van der Waals surface area contributed by atoms with Crippen molar-refractivity contribution >= 4 is 23.4 Å². The third-order valence-corrected chi connectivity index (χ3v) is 7.62. The van der Waals surface area contributed by atoms with Crippen molar-refractivity contribution in [2.24, 2.45) is 5.41 Å². The molecule has 1 amide bonds. The summed E-state index contributed by atoms with van der Waals surface area (Å²) in [4.78, 5) is 17.3. The molecule has 2 aliphatic rings. The van der Waals surface area contributed by atoms with E-state index < -0.39 is 0 Å². The lowest BCUT2D eigenvalue weighted by molar-refractivity contribution is -0.113. The lowest BCUT2D eigenvalue weighted by Gasteiger charge is -2.33. The number of carbonyl (C=O) groups excluding carboxylic acids is 1. The van der Waals surface area contributed by atoms with Crippen molar-refractivity contribution in [2.45, 2.75) is 50.1 Å². The SMILES string of the molecule is COc1ccc(OC)c(NC(=O)CSc2nnc3c(n2)[C@@]2(C)CC[C@H]3C2(C)C)c1. The summed E-state index contributed by atoms with van der Waals surface area (Å²) in [5, 5.41) is 12.2. The molecule has 2 atom stereocenters. The molecule has 2 aliphatic carbocycles. The predicted octanol–water partition coefficient (Wildman–Crippen LogP) is 3.79. The Labute approximate surface area is 175 Å². The Kier molecular flexibility index (Phi) is 4.93. The van der Waals surface area contributed by atoms with Gasteiger partial charge in [-0.25, -0.2) is 4.98 Å². The van der Waals surface area contributed by atoms with Crippen LogP contribution in [0.4, 0.5) is 5.69 Å². The van der Waals surface area contributed by atoms with E-state index in [0.29, 0.717) is 28.3 Å². The number of methoxy groups -OCH3 is 2. The Morgan fingerprint density at radius 2 is 2.03 bits per heavy atom. The minimum Gasteiger partial charge on any atom is -0.497 e. The molecule has 2 aromatic rings. The molecule has 29 heavy (non-hydrogen) atoms. The third kappa shape index (κ3) is 3.13. The lowest BCUT2D eigenvalue weighted by Crippen LogP contribution is -2.32. The van der Waals surface area contributed by atoms with Gasteiger partial charge in [0.25, 0.3) is 0 Å². The van der Waals surface area contributed by atoms with E-state index in [1.54, 1.807) is 32.4 Å². The van der Waals surface area contributed by atoms with Crippen LogP contribution < -0.4 is 14.8 Å². The smallest absolute Gasteiger partial charge is 0.234 e. The number of thioether (sulfide) groups is 1. The molecule has 1 saturated carbocycles. The summed E-state index contributed by atoms with van der Waals surface area (Å²) in [6.07, 6.45) is 2.26. The van der Waals surface area contributed by atoms with Gasteiger partial charge < -0.3 is 14.8 Å². The van der Waals surface area contributed by atoms with Gasteiger partial charge in [-0.2, -0.15) is 5.10 Å². The molecular weight excluding hydrogens is 388 g/mol. The highest BCUT2D eigenvalue weighted by Gasteiger charge is 2.61. The topological polar surface area (TPSA) is 86.2 Å². The number of nitrogens with zero attached hydrogens (tertiary/aromatic N) is 3. The van der Waals surface area contributed by atoms with Crippen LogP contribution in [0.3, 0.4) is 0 Å². The molecule has 1 aromatic carbocycles. The Balaban J connectivity index is 1.46. The quantitative estimate of drug-likeness (QED) is 0.720. The molecule has 0 saturated heterocycles. The first-order valence-electron chi connectivity index (χ1n) is 9.70. The van der Waals surface area contributed by atoms with Gasteiger partial charge >= 0.3 is 0 Å². The molecule has 4 rings (SSSR count). The van der Waals surface area contributed by atoms with Crippen molar-refractivity contribution in [1.82, 2.24) is 15.2 Å². The summed E-state index contributed by atoms with van der Waals surface area (Å²) < 4.78 is 10.5. The van der Waals surface area contributed by atoms with Crippen LogP contribution in [-0.2, 0) is 10.2 Å². The van der Waals surface area contributed by atoms with E-state index in [1.165, 1.54) is 11.8 Å². The zero-order chi connectivity index (χ0) is 20.8. The zero-order valence-corrected chi connectivity index (χ0v) is 18.2. The molecule has 154 valence electrons. The van der Waals surface area contributed by atoms with Gasteiger partial charge in [0.05, 0.1) is 37.0 Å². The van der Waals surface area contributed by atoms with Crippen LogP contribution in [0.5, 0.6) is 11.5 Å². The number of nitrogens with one attached hydrogen (secondary N) is 1. The second-order valence-electron chi connectivity index (χ2n) is 8.38. The van der Waals surface area contributed by atoms with E-state index in [0.717, 1.165) is 24.2 Å². The second-order valence-corrected chi connectivity index (χ2v) is 9.32. The second kappa shape index (κ2) is 7.16. The minimum absolute atomic E-state index is 0.0223. The number of hydrogen-bond acceptors (Lipinski definition) is 7. The van der Waals surface area contributed by atoms with Crippen LogP contribution in [0, 0.1) is 5.41 Å². The van der Waals surface area contributed by atoms with E-state index in [1.807, 2.05) is 0 Å². The third-order valence-electron chi connectivity index (χ3n) is 6.79. The highest BCUT2D eigenvalue weighted by atomic mass is 32.2. The minimum atomic E-state index is -0.168. The number of fused-ring (bicyclic) bond motifs is 5. The number of benzene rings is 1. The van der Waals surface area contributed by atoms with Gasteiger partial charge in [-0.3, -0.25) is 4.79 Å². The number of amides is 1. The molecule has 1 fully saturated rings. The van der Waals surface area contributed by atoms with Gasteiger partial charge in [-0.05, 0) is 30.4 Å². The van der Waals surface area contributed by atoms with Crippen LogP contribution in [0.25, 0.3) is 0 Å². The highest BCUT2D eigenvalue weighted by molar-refractivity contribution is 7.99. The van der Waals surface area contributed by atoms with Gasteiger partial charge in [0, 0.05) is 17.4 Å². The van der Waals surface area contributed by atoms with E-state index in [9.17, 15) is 4.79 Å². The number of carbonyl (C=O) groups is 1.